The lowest BCUT2D eigenvalue weighted by molar-refractivity contribution is -0.141. The highest BCUT2D eigenvalue weighted by molar-refractivity contribution is 5.97. The average Bonchev–Trinajstić information content (AvgIpc) is 2.45. The molecule has 1 atom stereocenters. The van der Waals surface area contributed by atoms with E-state index in [1.54, 1.807) is 19.1 Å². The van der Waals surface area contributed by atoms with E-state index in [0.29, 0.717) is 12.1 Å². The molecule has 1 rings (SSSR count). The van der Waals surface area contributed by atoms with Crippen molar-refractivity contribution in [2.24, 2.45) is 5.92 Å². The molecule has 0 spiro atoms. The fourth-order valence-electron chi connectivity index (χ4n) is 2.00. The molecule has 110 valence electrons. The molecule has 0 bridgehead atoms. The van der Waals surface area contributed by atoms with Gasteiger partial charge in [0.2, 0.25) is 0 Å². The Kier molecular flexibility index (Phi) is 6.94. The number of ketones is 1. The van der Waals surface area contributed by atoms with Crippen molar-refractivity contribution in [1.82, 2.24) is 4.90 Å². The Morgan fingerprint density at radius 3 is 2.45 bits per heavy atom. The van der Waals surface area contributed by atoms with Crippen LogP contribution >= 0.6 is 0 Å². The van der Waals surface area contributed by atoms with E-state index in [4.69, 9.17) is 5.11 Å². The highest BCUT2D eigenvalue weighted by atomic mass is 16.4. The number of benzene rings is 1. The number of hydrogen-bond donors (Lipinski definition) is 1. The van der Waals surface area contributed by atoms with Crippen LogP contribution in [0.3, 0.4) is 0 Å². The Balaban J connectivity index is 2.64. The van der Waals surface area contributed by atoms with E-state index in [9.17, 15) is 9.59 Å². The van der Waals surface area contributed by atoms with Crippen LogP contribution in [0, 0.1) is 5.92 Å². The molecule has 1 unspecified atom stereocenters. The summed E-state index contributed by atoms with van der Waals surface area (Å²) in [5, 5.41) is 9.00. The van der Waals surface area contributed by atoms with Gasteiger partial charge < -0.3 is 5.11 Å². The number of carboxylic acids is 1. The molecule has 0 aromatic heterocycles. The predicted octanol–water partition coefficient (Wildman–Crippen LogP) is 2.69. The molecule has 0 fully saturated rings. The Morgan fingerprint density at radius 2 is 1.90 bits per heavy atom. The van der Waals surface area contributed by atoms with Gasteiger partial charge in [-0.1, -0.05) is 50.6 Å². The first-order valence-corrected chi connectivity index (χ1v) is 7.08. The zero-order chi connectivity index (χ0) is 15.0. The van der Waals surface area contributed by atoms with Crippen LogP contribution in [0.5, 0.6) is 0 Å². The number of aliphatic carboxylic acids is 1. The van der Waals surface area contributed by atoms with Crippen LogP contribution in [0.15, 0.2) is 30.3 Å². The molecule has 4 heteroatoms. The highest BCUT2D eigenvalue weighted by Gasteiger charge is 2.18. The molecule has 20 heavy (non-hydrogen) atoms. The number of nitrogens with zero attached hydrogens (tertiary/aromatic N) is 1. The maximum atomic E-state index is 12.2. The monoisotopic (exact) mass is 277 g/mol. The molecule has 0 amide bonds. The predicted molar refractivity (Wildman–Crippen MR) is 78.9 cm³/mol. The molecule has 0 saturated heterocycles. The van der Waals surface area contributed by atoms with E-state index in [-0.39, 0.29) is 12.3 Å². The van der Waals surface area contributed by atoms with Gasteiger partial charge in [0, 0.05) is 12.1 Å². The molecule has 0 heterocycles. The van der Waals surface area contributed by atoms with E-state index >= 15 is 0 Å². The summed E-state index contributed by atoms with van der Waals surface area (Å²) in [6, 6.07) is 9.13. The third-order valence-corrected chi connectivity index (χ3v) is 3.24. The Bertz CT molecular complexity index is 431. The number of carbonyl (C=O) groups excluding carboxylic acids is 1. The van der Waals surface area contributed by atoms with Crippen LogP contribution < -0.4 is 0 Å². The summed E-state index contributed by atoms with van der Waals surface area (Å²) in [4.78, 5) is 25.1. The smallest absolute Gasteiger partial charge is 0.307 e. The van der Waals surface area contributed by atoms with Crippen LogP contribution in [-0.2, 0) is 4.79 Å². The van der Waals surface area contributed by atoms with Gasteiger partial charge in [0.15, 0.2) is 5.78 Å². The minimum atomic E-state index is -0.821. The van der Waals surface area contributed by atoms with Gasteiger partial charge in [-0.25, -0.2) is 0 Å². The minimum Gasteiger partial charge on any atom is -0.481 e. The lowest BCUT2D eigenvalue weighted by Crippen LogP contribution is -2.36. The van der Waals surface area contributed by atoms with Gasteiger partial charge in [-0.05, 0) is 13.0 Å². The SMILES string of the molecule is CCCCN(CC(=O)c1ccccc1)CC(C)C(=O)O. The standard InChI is InChI=1S/C16H23NO3/c1-3-4-10-17(11-13(2)16(19)20)12-15(18)14-8-6-5-7-9-14/h5-9,13H,3-4,10-12H2,1-2H3,(H,19,20). The van der Waals surface area contributed by atoms with Gasteiger partial charge in [-0.3, -0.25) is 14.5 Å². The lowest BCUT2D eigenvalue weighted by atomic mass is 10.1. The molecule has 1 aromatic carbocycles. The van der Waals surface area contributed by atoms with Crippen molar-refractivity contribution in [3.63, 3.8) is 0 Å². The summed E-state index contributed by atoms with van der Waals surface area (Å²) in [6.07, 6.45) is 1.99. The summed E-state index contributed by atoms with van der Waals surface area (Å²) in [6.45, 7) is 5.20. The number of carboxylic acid groups (broad SMARTS) is 1. The first kappa shape index (κ1) is 16.4. The molecular weight excluding hydrogens is 254 g/mol. The van der Waals surface area contributed by atoms with Crippen LogP contribution in [-0.4, -0.2) is 41.4 Å². The third kappa shape index (κ3) is 5.53. The summed E-state index contributed by atoms with van der Waals surface area (Å²) < 4.78 is 0. The molecule has 0 saturated carbocycles. The zero-order valence-electron chi connectivity index (χ0n) is 12.2. The summed E-state index contributed by atoms with van der Waals surface area (Å²) in [5.74, 6) is -1.24. The molecule has 0 aliphatic carbocycles. The van der Waals surface area contributed by atoms with Gasteiger partial charge in [-0.2, -0.15) is 0 Å². The molecule has 1 aromatic rings. The Morgan fingerprint density at radius 1 is 1.25 bits per heavy atom. The average molecular weight is 277 g/mol. The molecular formula is C16H23NO3. The Hall–Kier alpha value is -1.68. The number of Topliss-reactive ketones (excluding diaryl/α,β-unsaturated/α-hetero) is 1. The first-order chi connectivity index (χ1) is 9.54. The first-order valence-electron chi connectivity index (χ1n) is 7.08. The maximum absolute atomic E-state index is 12.2. The van der Waals surface area contributed by atoms with Gasteiger partial charge >= 0.3 is 5.97 Å². The molecule has 0 radical (unpaired) electrons. The van der Waals surface area contributed by atoms with Gasteiger partial charge in [0.05, 0.1) is 12.5 Å². The van der Waals surface area contributed by atoms with Crippen LogP contribution in [0.1, 0.15) is 37.0 Å². The van der Waals surface area contributed by atoms with E-state index in [2.05, 4.69) is 6.92 Å². The molecule has 0 aliphatic rings. The van der Waals surface area contributed by atoms with Gasteiger partial charge in [-0.15, -0.1) is 0 Å². The highest BCUT2D eigenvalue weighted by Crippen LogP contribution is 2.06. The minimum absolute atomic E-state index is 0.0410. The van der Waals surface area contributed by atoms with Crippen molar-refractivity contribution in [3.8, 4) is 0 Å². The molecule has 4 nitrogen and oxygen atoms in total. The fourth-order valence-corrected chi connectivity index (χ4v) is 2.00. The molecule has 1 N–H and O–H groups in total. The quantitative estimate of drug-likeness (QED) is 0.705. The summed E-state index contributed by atoms with van der Waals surface area (Å²) in [7, 11) is 0. The fraction of sp³-hybridized carbons (Fsp3) is 0.500. The van der Waals surface area contributed by atoms with Gasteiger partial charge in [0.1, 0.15) is 0 Å². The van der Waals surface area contributed by atoms with Crippen molar-refractivity contribution >= 4 is 11.8 Å². The van der Waals surface area contributed by atoms with E-state index in [1.807, 2.05) is 23.1 Å². The lowest BCUT2D eigenvalue weighted by Gasteiger charge is -2.23. The zero-order valence-corrected chi connectivity index (χ0v) is 12.2. The number of hydrogen-bond acceptors (Lipinski definition) is 3. The van der Waals surface area contributed by atoms with Crippen molar-refractivity contribution < 1.29 is 14.7 Å². The van der Waals surface area contributed by atoms with Crippen molar-refractivity contribution in [3.05, 3.63) is 35.9 Å². The second kappa shape index (κ2) is 8.48. The number of rotatable bonds is 9. The van der Waals surface area contributed by atoms with E-state index in [1.165, 1.54) is 0 Å². The van der Waals surface area contributed by atoms with Crippen LogP contribution in [0.25, 0.3) is 0 Å². The van der Waals surface area contributed by atoms with Gasteiger partial charge in [0.25, 0.3) is 0 Å². The second-order valence-electron chi connectivity index (χ2n) is 5.12. The topological polar surface area (TPSA) is 57.6 Å². The summed E-state index contributed by atoms with van der Waals surface area (Å²) >= 11 is 0. The van der Waals surface area contributed by atoms with E-state index < -0.39 is 11.9 Å². The van der Waals surface area contributed by atoms with Crippen LogP contribution in [0.2, 0.25) is 0 Å². The van der Waals surface area contributed by atoms with Crippen molar-refractivity contribution in [2.45, 2.75) is 26.7 Å². The third-order valence-electron chi connectivity index (χ3n) is 3.24. The summed E-state index contributed by atoms with van der Waals surface area (Å²) in [5.41, 5.74) is 0.678. The van der Waals surface area contributed by atoms with E-state index in [0.717, 1.165) is 19.4 Å². The maximum Gasteiger partial charge on any atom is 0.307 e. The number of unbranched alkanes of at least 4 members (excludes halogenated alkanes) is 1. The van der Waals surface area contributed by atoms with Crippen molar-refractivity contribution in [1.29, 1.82) is 0 Å². The Labute approximate surface area is 120 Å². The normalized spacial score (nSPS) is 12.3. The van der Waals surface area contributed by atoms with Crippen LogP contribution in [0.4, 0.5) is 0 Å². The van der Waals surface area contributed by atoms with Crippen molar-refractivity contribution in [2.75, 3.05) is 19.6 Å². The number of carbonyl (C=O) groups is 2. The molecule has 0 aliphatic heterocycles. The largest absolute Gasteiger partial charge is 0.481 e. The second-order valence-corrected chi connectivity index (χ2v) is 5.12.